The molecule has 0 saturated heterocycles. The van der Waals surface area contributed by atoms with Gasteiger partial charge in [0, 0.05) is 5.56 Å². The molecule has 0 amide bonds. The highest BCUT2D eigenvalue weighted by Gasteiger charge is 2.23. The minimum Gasteiger partial charge on any atom is -0.512 e. The fraction of sp³-hybridized carbons (Fsp3) is 0.273. The zero-order valence-corrected chi connectivity index (χ0v) is 15.5. The molecule has 1 N–H and O–H groups in total. The molecule has 0 aliphatic heterocycles. The number of aliphatic imine (C=N–C) groups is 1. The van der Waals surface area contributed by atoms with Crippen molar-refractivity contribution < 1.29 is 14.6 Å². The third kappa shape index (κ3) is 5.59. The highest BCUT2D eigenvalue weighted by atomic mass is 16.5. The summed E-state index contributed by atoms with van der Waals surface area (Å²) in [4.78, 5) is 17.2. The summed E-state index contributed by atoms with van der Waals surface area (Å²) in [6.07, 6.45) is 0. The molecule has 0 fully saturated rings. The first-order chi connectivity index (χ1) is 12.5. The monoisotopic (exact) mass is 351 g/mol. The van der Waals surface area contributed by atoms with Crippen molar-refractivity contribution in [2.45, 2.75) is 27.3 Å². The number of nitrogens with zero attached hydrogens (tertiary/aromatic N) is 1. The van der Waals surface area contributed by atoms with Crippen LogP contribution in [-0.4, -0.2) is 23.4 Å². The van der Waals surface area contributed by atoms with E-state index >= 15 is 0 Å². The molecule has 0 radical (unpaired) electrons. The van der Waals surface area contributed by atoms with Crippen LogP contribution in [0.25, 0.3) is 0 Å². The number of ether oxygens (including phenoxy) is 1. The van der Waals surface area contributed by atoms with E-state index in [2.05, 4.69) is 4.99 Å². The summed E-state index contributed by atoms with van der Waals surface area (Å²) in [5.41, 5.74) is 2.32. The number of rotatable bonds is 7. The lowest BCUT2D eigenvalue weighted by atomic mass is 10.0. The maximum atomic E-state index is 12.6. The van der Waals surface area contributed by atoms with Crippen LogP contribution in [0.2, 0.25) is 0 Å². The summed E-state index contributed by atoms with van der Waals surface area (Å²) in [6, 6.07) is 19.1. The number of esters is 1. The van der Waals surface area contributed by atoms with E-state index in [0.717, 1.165) is 11.1 Å². The SMILES string of the molecule is CC(O)=C(C(=O)OCC(C)C)C(=NCc1ccccc1)c1ccccc1. The number of hydrogen-bond donors (Lipinski definition) is 1. The molecule has 0 bridgehead atoms. The minimum absolute atomic E-state index is 0.102. The normalized spacial score (nSPS) is 12.7. The topological polar surface area (TPSA) is 58.9 Å². The Bertz CT molecular complexity index is 774. The van der Waals surface area contributed by atoms with Gasteiger partial charge in [0.25, 0.3) is 0 Å². The summed E-state index contributed by atoms with van der Waals surface area (Å²) in [5, 5.41) is 10.2. The number of allylic oxidation sites excluding steroid dienone is 1. The summed E-state index contributed by atoms with van der Waals surface area (Å²) >= 11 is 0. The number of carbonyl (C=O) groups is 1. The summed E-state index contributed by atoms with van der Waals surface area (Å²) in [6.45, 7) is 6.09. The first-order valence-electron chi connectivity index (χ1n) is 8.70. The van der Waals surface area contributed by atoms with Crippen molar-refractivity contribution in [2.24, 2.45) is 10.9 Å². The van der Waals surface area contributed by atoms with Gasteiger partial charge in [-0.05, 0) is 18.4 Å². The average Bonchev–Trinajstić information content (AvgIpc) is 2.64. The molecule has 26 heavy (non-hydrogen) atoms. The van der Waals surface area contributed by atoms with E-state index in [4.69, 9.17) is 4.74 Å². The molecule has 2 aromatic carbocycles. The molecule has 0 aromatic heterocycles. The highest BCUT2D eigenvalue weighted by molar-refractivity contribution is 6.27. The van der Waals surface area contributed by atoms with Gasteiger partial charge in [-0.3, -0.25) is 4.99 Å². The van der Waals surface area contributed by atoms with Gasteiger partial charge in [-0.15, -0.1) is 0 Å². The first-order valence-corrected chi connectivity index (χ1v) is 8.70. The second-order valence-electron chi connectivity index (χ2n) is 6.47. The van der Waals surface area contributed by atoms with Crippen molar-refractivity contribution in [3.63, 3.8) is 0 Å². The van der Waals surface area contributed by atoms with E-state index in [1.165, 1.54) is 6.92 Å². The van der Waals surface area contributed by atoms with Crippen LogP contribution >= 0.6 is 0 Å². The number of aliphatic hydroxyl groups is 1. The van der Waals surface area contributed by atoms with Gasteiger partial charge < -0.3 is 9.84 Å². The molecule has 2 rings (SSSR count). The largest absolute Gasteiger partial charge is 0.512 e. The fourth-order valence-corrected chi connectivity index (χ4v) is 2.39. The van der Waals surface area contributed by atoms with E-state index in [0.29, 0.717) is 12.3 Å². The maximum absolute atomic E-state index is 12.6. The van der Waals surface area contributed by atoms with E-state index in [1.54, 1.807) is 0 Å². The van der Waals surface area contributed by atoms with E-state index in [1.807, 2.05) is 74.5 Å². The average molecular weight is 351 g/mol. The van der Waals surface area contributed by atoms with Crippen molar-refractivity contribution in [1.29, 1.82) is 0 Å². The molecule has 0 unspecified atom stereocenters. The molecular formula is C22H25NO3. The zero-order chi connectivity index (χ0) is 18.9. The third-order valence-corrected chi connectivity index (χ3v) is 3.66. The molecular weight excluding hydrogens is 326 g/mol. The van der Waals surface area contributed by atoms with Gasteiger partial charge >= 0.3 is 5.97 Å². The molecule has 4 heteroatoms. The van der Waals surface area contributed by atoms with E-state index in [9.17, 15) is 9.90 Å². The molecule has 0 saturated carbocycles. The Hall–Kier alpha value is -2.88. The third-order valence-electron chi connectivity index (χ3n) is 3.66. The van der Waals surface area contributed by atoms with Crippen LogP contribution in [0.5, 0.6) is 0 Å². The molecule has 0 atom stereocenters. The van der Waals surface area contributed by atoms with E-state index in [-0.39, 0.29) is 23.9 Å². The lowest BCUT2D eigenvalue weighted by Gasteiger charge is -2.14. The second-order valence-corrected chi connectivity index (χ2v) is 6.47. The summed E-state index contributed by atoms with van der Waals surface area (Å²) in [7, 11) is 0. The maximum Gasteiger partial charge on any atom is 0.343 e. The van der Waals surface area contributed by atoms with Crippen LogP contribution in [0, 0.1) is 5.92 Å². The standard InChI is InChI=1S/C22H25NO3/c1-16(2)15-26-22(25)20(17(3)24)21(19-12-8-5-9-13-19)23-14-18-10-6-4-7-11-18/h4-13,16,24H,14-15H2,1-3H3. The van der Waals surface area contributed by atoms with Gasteiger partial charge in [0.2, 0.25) is 0 Å². The van der Waals surface area contributed by atoms with Gasteiger partial charge in [0.15, 0.2) is 0 Å². The highest BCUT2D eigenvalue weighted by Crippen LogP contribution is 2.17. The van der Waals surface area contributed by atoms with Crippen LogP contribution in [0.4, 0.5) is 0 Å². The molecule has 0 spiro atoms. The van der Waals surface area contributed by atoms with Crippen molar-refractivity contribution in [1.82, 2.24) is 0 Å². The summed E-state index contributed by atoms with van der Waals surface area (Å²) < 4.78 is 5.34. The second kappa shape index (κ2) is 9.56. The predicted octanol–water partition coefficient (Wildman–Crippen LogP) is 4.71. The van der Waals surface area contributed by atoms with Gasteiger partial charge in [-0.1, -0.05) is 74.5 Å². The van der Waals surface area contributed by atoms with Gasteiger partial charge in [0.1, 0.15) is 11.3 Å². The number of carbonyl (C=O) groups excluding carboxylic acids is 1. The van der Waals surface area contributed by atoms with Gasteiger partial charge in [-0.25, -0.2) is 4.79 Å². The fourth-order valence-electron chi connectivity index (χ4n) is 2.39. The Labute approximate surface area is 154 Å². The van der Waals surface area contributed by atoms with E-state index < -0.39 is 5.97 Å². The number of benzene rings is 2. The number of aliphatic hydroxyl groups excluding tert-OH is 1. The van der Waals surface area contributed by atoms with Crippen molar-refractivity contribution in [3.05, 3.63) is 83.1 Å². The van der Waals surface area contributed by atoms with Crippen LogP contribution < -0.4 is 0 Å². The smallest absolute Gasteiger partial charge is 0.343 e. The number of hydrogen-bond acceptors (Lipinski definition) is 4. The van der Waals surface area contributed by atoms with Crippen LogP contribution in [0.1, 0.15) is 31.9 Å². The molecule has 0 aliphatic carbocycles. The lowest BCUT2D eigenvalue weighted by Crippen LogP contribution is -2.21. The Morgan fingerprint density at radius 2 is 1.62 bits per heavy atom. The van der Waals surface area contributed by atoms with Gasteiger partial charge in [-0.2, -0.15) is 0 Å². The Morgan fingerprint density at radius 1 is 1.04 bits per heavy atom. The Kier molecular flexibility index (Phi) is 7.15. The molecule has 4 nitrogen and oxygen atoms in total. The Balaban J connectivity index is 2.41. The predicted molar refractivity (Wildman–Crippen MR) is 104 cm³/mol. The van der Waals surface area contributed by atoms with Crippen molar-refractivity contribution >= 4 is 11.7 Å². The quantitative estimate of drug-likeness (QED) is 0.340. The molecule has 136 valence electrons. The molecule has 0 aliphatic rings. The van der Waals surface area contributed by atoms with Crippen LogP contribution in [0.3, 0.4) is 0 Å². The van der Waals surface area contributed by atoms with Gasteiger partial charge in [0.05, 0.1) is 18.9 Å². The van der Waals surface area contributed by atoms with Crippen LogP contribution in [0.15, 0.2) is 77.0 Å². The van der Waals surface area contributed by atoms with Crippen LogP contribution in [-0.2, 0) is 16.1 Å². The zero-order valence-electron chi connectivity index (χ0n) is 15.5. The van der Waals surface area contributed by atoms with Crippen molar-refractivity contribution in [3.8, 4) is 0 Å². The Morgan fingerprint density at radius 3 is 2.15 bits per heavy atom. The minimum atomic E-state index is -0.561. The lowest BCUT2D eigenvalue weighted by molar-refractivity contribution is -0.139. The van der Waals surface area contributed by atoms with Crippen molar-refractivity contribution in [2.75, 3.05) is 6.61 Å². The first kappa shape index (κ1) is 19.4. The summed E-state index contributed by atoms with van der Waals surface area (Å²) in [5.74, 6) is -0.454. The molecule has 2 aromatic rings. The molecule has 0 heterocycles.